The second-order valence-electron chi connectivity index (χ2n) is 3.74. The van der Waals surface area contributed by atoms with Crippen LogP contribution in [0.15, 0.2) is 6.20 Å². The molecule has 1 fully saturated rings. The van der Waals surface area contributed by atoms with Gasteiger partial charge in [0.05, 0.1) is 11.2 Å². The third-order valence-electron chi connectivity index (χ3n) is 2.63. The summed E-state index contributed by atoms with van der Waals surface area (Å²) in [6.45, 7) is 2.34. The standard InChI is InChI=1S/C10H12N2O3S/c1-6-11-5-8(16-6)9(13)12-4-2-3-7(12)10(14)15/h5,7H,2-4H2,1H3,(H,14,15). The highest BCUT2D eigenvalue weighted by molar-refractivity contribution is 7.13. The zero-order valence-electron chi connectivity index (χ0n) is 8.84. The third kappa shape index (κ3) is 1.92. The fourth-order valence-electron chi connectivity index (χ4n) is 1.87. The summed E-state index contributed by atoms with van der Waals surface area (Å²) in [5.74, 6) is -1.14. The van der Waals surface area contributed by atoms with Gasteiger partial charge in [-0.2, -0.15) is 0 Å². The van der Waals surface area contributed by atoms with Crippen LogP contribution in [0.5, 0.6) is 0 Å². The maximum atomic E-state index is 12.0. The van der Waals surface area contributed by atoms with Crippen LogP contribution in [0.3, 0.4) is 0 Å². The van der Waals surface area contributed by atoms with E-state index < -0.39 is 12.0 Å². The van der Waals surface area contributed by atoms with Crippen molar-refractivity contribution in [2.24, 2.45) is 0 Å². The molecular formula is C10H12N2O3S. The lowest BCUT2D eigenvalue weighted by Gasteiger charge is -2.20. The number of aryl methyl sites for hydroxylation is 1. The van der Waals surface area contributed by atoms with Crippen molar-refractivity contribution in [1.82, 2.24) is 9.88 Å². The highest BCUT2D eigenvalue weighted by atomic mass is 32.1. The van der Waals surface area contributed by atoms with Crippen LogP contribution in [-0.4, -0.2) is 39.5 Å². The molecule has 1 saturated heterocycles. The van der Waals surface area contributed by atoms with E-state index in [0.717, 1.165) is 11.4 Å². The van der Waals surface area contributed by atoms with Crippen molar-refractivity contribution < 1.29 is 14.7 Å². The number of carbonyl (C=O) groups excluding carboxylic acids is 1. The van der Waals surface area contributed by atoms with Gasteiger partial charge < -0.3 is 10.0 Å². The number of rotatable bonds is 2. The molecule has 0 radical (unpaired) electrons. The molecule has 1 aliphatic heterocycles. The summed E-state index contributed by atoms with van der Waals surface area (Å²) >= 11 is 1.30. The van der Waals surface area contributed by atoms with Gasteiger partial charge in [-0.1, -0.05) is 0 Å². The third-order valence-corrected chi connectivity index (χ3v) is 3.53. The van der Waals surface area contributed by atoms with Gasteiger partial charge >= 0.3 is 5.97 Å². The van der Waals surface area contributed by atoms with Crippen LogP contribution in [-0.2, 0) is 4.79 Å². The number of carboxylic acid groups (broad SMARTS) is 1. The van der Waals surface area contributed by atoms with Crippen LogP contribution in [0.2, 0.25) is 0 Å². The minimum Gasteiger partial charge on any atom is -0.480 e. The zero-order chi connectivity index (χ0) is 11.7. The molecule has 5 nitrogen and oxygen atoms in total. The second-order valence-corrected chi connectivity index (χ2v) is 4.97. The summed E-state index contributed by atoms with van der Waals surface area (Å²) in [6, 6.07) is -0.671. The first-order valence-electron chi connectivity index (χ1n) is 5.06. The van der Waals surface area contributed by atoms with Crippen molar-refractivity contribution in [2.45, 2.75) is 25.8 Å². The number of aliphatic carboxylic acids is 1. The van der Waals surface area contributed by atoms with Gasteiger partial charge in [0.2, 0.25) is 0 Å². The van der Waals surface area contributed by atoms with E-state index in [2.05, 4.69) is 4.98 Å². The van der Waals surface area contributed by atoms with Crippen LogP contribution in [0.4, 0.5) is 0 Å². The topological polar surface area (TPSA) is 70.5 Å². The Morgan fingerprint density at radius 3 is 2.94 bits per heavy atom. The number of hydrogen-bond acceptors (Lipinski definition) is 4. The number of carbonyl (C=O) groups is 2. The highest BCUT2D eigenvalue weighted by Gasteiger charge is 2.34. The van der Waals surface area contributed by atoms with Gasteiger partial charge in [0.25, 0.3) is 5.91 Å². The van der Waals surface area contributed by atoms with Crippen LogP contribution in [0, 0.1) is 6.92 Å². The van der Waals surface area contributed by atoms with Gasteiger partial charge in [-0.15, -0.1) is 11.3 Å². The van der Waals surface area contributed by atoms with E-state index in [9.17, 15) is 9.59 Å². The summed E-state index contributed by atoms with van der Waals surface area (Å²) in [6.07, 6.45) is 2.80. The van der Waals surface area contributed by atoms with Crippen LogP contribution >= 0.6 is 11.3 Å². The summed E-state index contributed by atoms with van der Waals surface area (Å²) in [4.78, 5) is 28.9. The maximum absolute atomic E-state index is 12.0. The van der Waals surface area contributed by atoms with Crippen LogP contribution in [0.1, 0.15) is 27.5 Å². The van der Waals surface area contributed by atoms with E-state index in [1.807, 2.05) is 6.92 Å². The number of likely N-dealkylation sites (tertiary alicyclic amines) is 1. The van der Waals surface area contributed by atoms with Gasteiger partial charge in [0.15, 0.2) is 0 Å². The molecule has 1 aromatic heterocycles. The normalized spacial score (nSPS) is 20.1. The number of carboxylic acids is 1. The Morgan fingerprint density at radius 2 is 2.38 bits per heavy atom. The number of thiazole rings is 1. The van der Waals surface area contributed by atoms with Gasteiger partial charge in [-0.25, -0.2) is 9.78 Å². The molecule has 2 heterocycles. The lowest BCUT2D eigenvalue weighted by atomic mass is 10.2. The molecule has 0 saturated carbocycles. The smallest absolute Gasteiger partial charge is 0.326 e. The molecule has 1 N–H and O–H groups in total. The lowest BCUT2D eigenvalue weighted by Crippen LogP contribution is -2.40. The Balaban J connectivity index is 2.18. The predicted octanol–water partition coefficient (Wildman–Crippen LogP) is 1.14. The molecule has 2 rings (SSSR count). The fourth-order valence-corrected chi connectivity index (χ4v) is 2.60. The average molecular weight is 240 g/mol. The molecule has 1 unspecified atom stereocenters. The van der Waals surface area contributed by atoms with Gasteiger partial charge in [0.1, 0.15) is 10.9 Å². The molecule has 0 bridgehead atoms. The first kappa shape index (κ1) is 11.1. The quantitative estimate of drug-likeness (QED) is 0.841. The first-order chi connectivity index (χ1) is 7.59. The first-order valence-corrected chi connectivity index (χ1v) is 5.87. The molecule has 1 aromatic rings. The highest BCUT2D eigenvalue weighted by Crippen LogP contribution is 2.22. The van der Waals surface area contributed by atoms with Gasteiger partial charge in [0, 0.05) is 6.54 Å². The molecule has 1 aliphatic rings. The van der Waals surface area contributed by atoms with E-state index in [4.69, 9.17) is 5.11 Å². The molecule has 1 atom stereocenters. The van der Waals surface area contributed by atoms with E-state index in [1.165, 1.54) is 22.4 Å². The van der Waals surface area contributed by atoms with E-state index in [-0.39, 0.29) is 5.91 Å². The monoisotopic (exact) mass is 240 g/mol. The summed E-state index contributed by atoms with van der Waals surface area (Å²) < 4.78 is 0. The number of amides is 1. The van der Waals surface area contributed by atoms with E-state index >= 15 is 0 Å². The molecular weight excluding hydrogens is 228 g/mol. The largest absolute Gasteiger partial charge is 0.480 e. The second kappa shape index (κ2) is 4.21. The molecule has 1 amide bonds. The predicted molar refractivity (Wildman–Crippen MR) is 58.5 cm³/mol. The van der Waals surface area contributed by atoms with Crippen molar-refractivity contribution in [2.75, 3.05) is 6.54 Å². The molecule has 0 aromatic carbocycles. The molecule has 6 heteroatoms. The van der Waals surface area contributed by atoms with Crippen molar-refractivity contribution in [3.05, 3.63) is 16.1 Å². The van der Waals surface area contributed by atoms with Crippen molar-refractivity contribution in [3.8, 4) is 0 Å². The minimum absolute atomic E-state index is 0.212. The summed E-state index contributed by atoms with van der Waals surface area (Å²) in [5.41, 5.74) is 0. The lowest BCUT2D eigenvalue weighted by molar-refractivity contribution is -0.141. The summed E-state index contributed by atoms with van der Waals surface area (Å²) in [5, 5.41) is 9.79. The average Bonchev–Trinajstić information content (AvgIpc) is 2.84. The Labute approximate surface area is 96.7 Å². The molecule has 0 aliphatic carbocycles. The Hall–Kier alpha value is -1.43. The molecule has 86 valence electrons. The van der Waals surface area contributed by atoms with Crippen LogP contribution < -0.4 is 0 Å². The Bertz CT molecular complexity index is 429. The van der Waals surface area contributed by atoms with Gasteiger partial charge in [-0.05, 0) is 19.8 Å². The van der Waals surface area contributed by atoms with E-state index in [1.54, 1.807) is 0 Å². The summed E-state index contributed by atoms with van der Waals surface area (Å²) in [7, 11) is 0. The van der Waals surface area contributed by atoms with Gasteiger partial charge in [-0.3, -0.25) is 4.79 Å². The maximum Gasteiger partial charge on any atom is 0.326 e. The number of aromatic nitrogens is 1. The van der Waals surface area contributed by atoms with Crippen molar-refractivity contribution >= 4 is 23.2 Å². The molecule has 0 spiro atoms. The zero-order valence-corrected chi connectivity index (χ0v) is 9.66. The van der Waals surface area contributed by atoms with Crippen LogP contribution in [0.25, 0.3) is 0 Å². The minimum atomic E-state index is -0.924. The molecule has 16 heavy (non-hydrogen) atoms. The number of hydrogen-bond donors (Lipinski definition) is 1. The van der Waals surface area contributed by atoms with Crippen molar-refractivity contribution in [3.63, 3.8) is 0 Å². The Morgan fingerprint density at radius 1 is 1.62 bits per heavy atom. The SMILES string of the molecule is Cc1ncc(C(=O)N2CCCC2C(=O)O)s1. The fraction of sp³-hybridized carbons (Fsp3) is 0.500. The van der Waals surface area contributed by atoms with E-state index in [0.29, 0.717) is 17.8 Å². The Kier molecular flexibility index (Phi) is 2.91. The van der Waals surface area contributed by atoms with Crippen molar-refractivity contribution in [1.29, 1.82) is 0 Å². The number of nitrogens with zero attached hydrogens (tertiary/aromatic N) is 2.